The number of nitrogens with zero attached hydrogens (tertiary/aromatic N) is 1. The van der Waals surface area contributed by atoms with E-state index in [4.69, 9.17) is 10.8 Å². The van der Waals surface area contributed by atoms with Crippen LogP contribution in [-0.2, 0) is 4.79 Å². The standard InChI is InChI=1S/C13H20N2O2/c1-10(2)15(8-9-16)13(17)12(14)11-6-4-3-5-7-11/h3-7,10,12,16H,8-9,14H2,1-2H3/t12-/m1/s1. The van der Waals surface area contributed by atoms with Gasteiger partial charge in [-0.25, -0.2) is 0 Å². The van der Waals surface area contributed by atoms with E-state index in [1.807, 2.05) is 44.2 Å². The van der Waals surface area contributed by atoms with E-state index in [1.165, 1.54) is 0 Å². The molecular weight excluding hydrogens is 216 g/mol. The summed E-state index contributed by atoms with van der Waals surface area (Å²) in [4.78, 5) is 13.8. The molecule has 0 bridgehead atoms. The Morgan fingerprint density at radius 2 is 1.94 bits per heavy atom. The fraction of sp³-hybridized carbons (Fsp3) is 0.462. The summed E-state index contributed by atoms with van der Waals surface area (Å²) < 4.78 is 0. The predicted molar refractivity (Wildman–Crippen MR) is 67.3 cm³/mol. The molecule has 94 valence electrons. The maximum absolute atomic E-state index is 12.2. The molecule has 0 spiro atoms. The van der Waals surface area contributed by atoms with Crippen LogP contribution in [0.5, 0.6) is 0 Å². The summed E-state index contributed by atoms with van der Waals surface area (Å²) in [5.74, 6) is -0.153. The molecule has 3 N–H and O–H groups in total. The Labute approximate surface area is 102 Å². The molecule has 1 amide bonds. The van der Waals surface area contributed by atoms with Crippen LogP contribution in [0.2, 0.25) is 0 Å². The zero-order valence-electron chi connectivity index (χ0n) is 10.3. The van der Waals surface area contributed by atoms with E-state index in [0.717, 1.165) is 5.56 Å². The molecule has 17 heavy (non-hydrogen) atoms. The summed E-state index contributed by atoms with van der Waals surface area (Å²) in [7, 11) is 0. The lowest BCUT2D eigenvalue weighted by Gasteiger charge is -2.28. The molecule has 0 aromatic heterocycles. The summed E-state index contributed by atoms with van der Waals surface area (Å²) in [6, 6.07) is 8.63. The van der Waals surface area contributed by atoms with Crippen molar-refractivity contribution in [3.63, 3.8) is 0 Å². The van der Waals surface area contributed by atoms with Crippen molar-refractivity contribution in [3.05, 3.63) is 35.9 Å². The van der Waals surface area contributed by atoms with Gasteiger partial charge >= 0.3 is 0 Å². The van der Waals surface area contributed by atoms with Gasteiger partial charge in [0, 0.05) is 12.6 Å². The zero-order chi connectivity index (χ0) is 12.8. The number of aliphatic hydroxyl groups is 1. The van der Waals surface area contributed by atoms with Crippen molar-refractivity contribution in [2.45, 2.75) is 25.9 Å². The van der Waals surface area contributed by atoms with Crippen molar-refractivity contribution >= 4 is 5.91 Å². The van der Waals surface area contributed by atoms with Gasteiger partial charge in [-0.3, -0.25) is 4.79 Å². The van der Waals surface area contributed by atoms with E-state index in [1.54, 1.807) is 4.90 Å². The van der Waals surface area contributed by atoms with E-state index in [-0.39, 0.29) is 18.6 Å². The predicted octanol–water partition coefficient (Wildman–Crippen LogP) is 0.916. The highest BCUT2D eigenvalue weighted by molar-refractivity contribution is 5.83. The summed E-state index contributed by atoms with van der Waals surface area (Å²) >= 11 is 0. The number of benzene rings is 1. The highest BCUT2D eigenvalue weighted by Gasteiger charge is 2.23. The Hall–Kier alpha value is -1.39. The average molecular weight is 236 g/mol. The number of hydrogen-bond donors (Lipinski definition) is 2. The lowest BCUT2D eigenvalue weighted by atomic mass is 10.1. The second-order valence-corrected chi connectivity index (χ2v) is 4.24. The highest BCUT2D eigenvalue weighted by Crippen LogP contribution is 2.14. The van der Waals surface area contributed by atoms with Gasteiger partial charge in [-0.2, -0.15) is 0 Å². The third kappa shape index (κ3) is 3.54. The first-order valence-electron chi connectivity index (χ1n) is 5.79. The summed E-state index contributed by atoms with van der Waals surface area (Å²) in [5, 5.41) is 8.95. The van der Waals surface area contributed by atoms with Crippen LogP contribution in [0.1, 0.15) is 25.5 Å². The van der Waals surface area contributed by atoms with Crippen LogP contribution in [0.15, 0.2) is 30.3 Å². The minimum Gasteiger partial charge on any atom is -0.395 e. The third-order valence-corrected chi connectivity index (χ3v) is 2.67. The van der Waals surface area contributed by atoms with Crippen molar-refractivity contribution in [1.29, 1.82) is 0 Å². The molecule has 0 aliphatic heterocycles. The molecule has 1 atom stereocenters. The monoisotopic (exact) mass is 236 g/mol. The van der Waals surface area contributed by atoms with Crippen molar-refractivity contribution in [3.8, 4) is 0 Å². The van der Waals surface area contributed by atoms with Crippen LogP contribution in [0, 0.1) is 0 Å². The Morgan fingerprint density at radius 3 is 2.41 bits per heavy atom. The Balaban J connectivity index is 2.80. The number of rotatable bonds is 5. The van der Waals surface area contributed by atoms with Gasteiger partial charge in [0.15, 0.2) is 0 Å². The van der Waals surface area contributed by atoms with E-state index >= 15 is 0 Å². The number of amides is 1. The second-order valence-electron chi connectivity index (χ2n) is 4.24. The second kappa shape index (κ2) is 6.37. The van der Waals surface area contributed by atoms with Crippen molar-refractivity contribution in [1.82, 2.24) is 4.90 Å². The van der Waals surface area contributed by atoms with Crippen molar-refractivity contribution in [2.24, 2.45) is 5.73 Å². The Bertz CT molecular complexity index is 352. The van der Waals surface area contributed by atoms with Crippen LogP contribution in [0.4, 0.5) is 0 Å². The van der Waals surface area contributed by atoms with Crippen LogP contribution >= 0.6 is 0 Å². The summed E-state index contributed by atoms with van der Waals surface area (Å²) in [6.07, 6.45) is 0. The quantitative estimate of drug-likeness (QED) is 0.798. The molecule has 0 saturated carbocycles. The third-order valence-electron chi connectivity index (χ3n) is 2.67. The lowest BCUT2D eigenvalue weighted by molar-refractivity contribution is -0.135. The topological polar surface area (TPSA) is 66.6 Å². The lowest BCUT2D eigenvalue weighted by Crippen LogP contribution is -2.44. The molecule has 0 aliphatic carbocycles. The largest absolute Gasteiger partial charge is 0.395 e. The maximum Gasteiger partial charge on any atom is 0.244 e. The molecule has 0 fully saturated rings. The first kappa shape index (κ1) is 13.7. The number of carbonyl (C=O) groups is 1. The molecule has 0 radical (unpaired) electrons. The zero-order valence-corrected chi connectivity index (χ0v) is 10.3. The van der Waals surface area contributed by atoms with Crippen LogP contribution in [-0.4, -0.2) is 35.1 Å². The highest BCUT2D eigenvalue weighted by atomic mass is 16.3. The fourth-order valence-corrected chi connectivity index (χ4v) is 1.71. The summed E-state index contributed by atoms with van der Waals surface area (Å²) in [6.45, 7) is 4.08. The molecule has 1 rings (SSSR count). The normalized spacial score (nSPS) is 12.5. The molecule has 1 aromatic rings. The maximum atomic E-state index is 12.2. The van der Waals surface area contributed by atoms with Gasteiger partial charge in [0.05, 0.1) is 6.61 Å². The van der Waals surface area contributed by atoms with Crippen LogP contribution < -0.4 is 5.73 Å². The molecule has 1 aromatic carbocycles. The molecule has 4 nitrogen and oxygen atoms in total. The van der Waals surface area contributed by atoms with Gasteiger partial charge in [0.1, 0.15) is 6.04 Å². The first-order valence-corrected chi connectivity index (χ1v) is 5.79. The molecule has 0 aliphatic rings. The van der Waals surface area contributed by atoms with E-state index in [2.05, 4.69) is 0 Å². The van der Waals surface area contributed by atoms with Crippen LogP contribution in [0.3, 0.4) is 0 Å². The SMILES string of the molecule is CC(C)N(CCO)C(=O)[C@H](N)c1ccccc1. The number of nitrogens with two attached hydrogens (primary N) is 1. The minimum absolute atomic E-state index is 0.0319. The molecule has 4 heteroatoms. The van der Waals surface area contributed by atoms with Crippen molar-refractivity contribution in [2.75, 3.05) is 13.2 Å². The smallest absolute Gasteiger partial charge is 0.244 e. The van der Waals surface area contributed by atoms with Gasteiger partial charge in [-0.1, -0.05) is 30.3 Å². The number of carbonyl (C=O) groups excluding carboxylic acids is 1. The molecule has 0 saturated heterocycles. The molecule has 0 unspecified atom stereocenters. The van der Waals surface area contributed by atoms with Gasteiger partial charge in [-0.15, -0.1) is 0 Å². The molecular formula is C13H20N2O2. The summed E-state index contributed by atoms with van der Waals surface area (Å²) in [5.41, 5.74) is 6.73. The van der Waals surface area contributed by atoms with Gasteiger partial charge < -0.3 is 15.7 Å². The average Bonchev–Trinajstić information content (AvgIpc) is 2.35. The first-order chi connectivity index (χ1) is 8.07. The minimum atomic E-state index is -0.662. The van der Waals surface area contributed by atoms with Crippen molar-refractivity contribution < 1.29 is 9.90 Å². The van der Waals surface area contributed by atoms with Gasteiger partial charge in [0.25, 0.3) is 0 Å². The number of aliphatic hydroxyl groups excluding tert-OH is 1. The fourth-order valence-electron chi connectivity index (χ4n) is 1.71. The van der Waals surface area contributed by atoms with E-state index in [9.17, 15) is 4.79 Å². The van der Waals surface area contributed by atoms with Crippen LogP contribution in [0.25, 0.3) is 0 Å². The van der Waals surface area contributed by atoms with Gasteiger partial charge in [0.2, 0.25) is 5.91 Å². The Kier molecular flexibility index (Phi) is 5.12. The number of hydrogen-bond acceptors (Lipinski definition) is 3. The molecule has 0 heterocycles. The van der Waals surface area contributed by atoms with Gasteiger partial charge in [-0.05, 0) is 19.4 Å². The Morgan fingerprint density at radius 1 is 1.35 bits per heavy atom. The van der Waals surface area contributed by atoms with E-state index in [0.29, 0.717) is 6.54 Å². The van der Waals surface area contributed by atoms with E-state index < -0.39 is 6.04 Å².